The lowest BCUT2D eigenvalue weighted by molar-refractivity contribution is -0.144. The van der Waals surface area contributed by atoms with E-state index >= 15 is 0 Å². The molecule has 2 rings (SSSR count). The van der Waals surface area contributed by atoms with E-state index in [1.165, 1.54) is 12.1 Å². The molecule has 0 saturated carbocycles. The zero-order chi connectivity index (χ0) is 13.2. The summed E-state index contributed by atoms with van der Waals surface area (Å²) in [5.74, 6) is -1.19. The smallest absolute Gasteiger partial charge is 0.330 e. The Balaban J connectivity index is 2.20. The summed E-state index contributed by atoms with van der Waals surface area (Å²) in [4.78, 5) is 13.5. The molecule has 5 heteroatoms. The number of rotatable bonds is 3. The molecule has 1 aromatic rings. The summed E-state index contributed by atoms with van der Waals surface area (Å²) in [5, 5.41) is 12.5. The number of nitrogens with zero attached hydrogens (tertiary/aromatic N) is 1. The number of aliphatic carboxylic acids is 1. The number of halogens is 1. The monoisotopic (exact) mass is 252 g/mol. The van der Waals surface area contributed by atoms with Gasteiger partial charge in [-0.3, -0.25) is 0 Å². The van der Waals surface area contributed by atoms with Crippen molar-refractivity contribution in [3.8, 4) is 0 Å². The van der Waals surface area contributed by atoms with Crippen molar-refractivity contribution in [3.63, 3.8) is 0 Å². The van der Waals surface area contributed by atoms with E-state index in [4.69, 9.17) is 0 Å². The number of piperidine rings is 1. The third-order valence-corrected chi connectivity index (χ3v) is 3.32. The van der Waals surface area contributed by atoms with E-state index in [9.17, 15) is 14.3 Å². The molecule has 1 aromatic carbocycles. The SMILES string of the molecule is CN1CCCC(Nc2ccc(F)cc2)(C(=O)O)C1. The molecule has 0 bridgehead atoms. The highest BCUT2D eigenvalue weighted by Crippen LogP contribution is 2.26. The third-order valence-electron chi connectivity index (χ3n) is 3.32. The Morgan fingerprint density at radius 3 is 2.67 bits per heavy atom. The molecule has 4 nitrogen and oxygen atoms in total. The molecule has 1 atom stereocenters. The van der Waals surface area contributed by atoms with Crippen molar-refractivity contribution in [3.05, 3.63) is 30.1 Å². The average Bonchev–Trinajstić information content (AvgIpc) is 2.32. The van der Waals surface area contributed by atoms with E-state index in [1.807, 2.05) is 11.9 Å². The van der Waals surface area contributed by atoms with E-state index in [0.717, 1.165) is 13.0 Å². The Labute approximate surface area is 105 Å². The van der Waals surface area contributed by atoms with Crippen LogP contribution in [0, 0.1) is 5.82 Å². The van der Waals surface area contributed by atoms with Crippen LogP contribution in [0.2, 0.25) is 0 Å². The molecule has 1 aliphatic heterocycles. The molecule has 18 heavy (non-hydrogen) atoms. The van der Waals surface area contributed by atoms with Crippen molar-refractivity contribution in [2.24, 2.45) is 0 Å². The maximum atomic E-state index is 12.8. The number of anilines is 1. The van der Waals surface area contributed by atoms with Gasteiger partial charge in [-0.05, 0) is 50.7 Å². The summed E-state index contributed by atoms with van der Waals surface area (Å²) in [6, 6.07) is 5.78. The van der Waals surface area contributed by atoms with Gasteiger partial charge in [0.05, 0.1) is 0 Å². The van der Waals surface area contributed by atoms with E-state index in [2.05, 4.69) is 5.32 Å². The predicted octanol–water partition coefficient (Wildman–Crippen LogP) is 1.79. The standard InChI is InChI=1S/C13H17FN2O2/c1-16-8-2-7-13(9-16,12(17)18)15-11-5-3-10(14)4-6-11/h3-6,15H,2,7-9H2,1H3,(H,17,18). The summed E-state index contributed by atoms with van der Waals surface area (Å²) in [6.45, 7) is 1.35. The fourth-order valence-electron chi connectivity index (χ4n) is 2.41. The molecule has 1 heterocycles. The molecule has 0 aromatic heterocycles. The summed E-state index contributed by atoms with van der Waals surface area (Å²) in [5.41, 5.74) is -0.348. The normalized spacial score (nSPS) is 24.8. The maximum Gasteiger partial charge on any atom is 0.330 e. The highest BCUT2D eigenvalue weighted by molar-refractivity contribution is 5.83. The Morgan fingerprint density at radius 2 is 2.11 bits per heavy atom. The fraction of sp³-hybridized carbons (Fsp3) is 0.462. The van der Waals surface area contributed by atoms with Crippen molar-refractivity contribution in [2.75, 3.05) is 25.5 Å². The number of hydrogen-bond donors (Lipinski definition) is 2. The second kappa shape index (κ2) is 4.94. The lowest BCUT2D eigenvalue weighted by atomic mass is 9.89. The van der Waals surface area contributed by atoms with Gasteiger partial charge in [-0.2, -0.15) is 0 Å². The molecule has 1 saturated heterocycles. The number of carbonyl (C=O) groups is 1. The molecule has 1 fully saturated rings. The number of nitrogens with one attached hydrogen (secondary N) is 1. The lowest BCUT2D eigenvalue weighted by Crippen LogP contribution is -2.57. The van der Waals surface area contributed by atoms with Crippen LogP contribution in [0.5, 0.6) is 0 Å². The maximum absolute atomic E-state index is 12.8. The third kappa shape index (κ3) is 2.61. The number of likely N-dealkylation sites (N-methyl/N-ethyl adjacent to an activating group) is 1. The van der Waals surface area contributed by atoms with Crippen molar-refractivity contribution in [1.29, 1.82) is 0 Å². The van der Waals surface area contributed by atoms with Crippen LogP contribution in [0.1, 0.15) is 12.8 Å². The molecule has 1 aliphatic rings. The van der Waals surface area contributed by atoms with Gasteiger partial charge >= 0.3 is 5.97 Å². The Kier molecular flexibility index (Phi) is 3.52. The van der Waals surface area contributed by atoms with Crippen LogP contribution in [0.25, 0.3) is 0 Å². The molecule has 98 valence electrons. The molecule has 0 aliphatic carbocycles. The minimum atomic E-state index is -0.981. The number of carboxylic acids is 1. The van der Waals surface area contributed by atoms with Crippen molar-refractivity contribution in [2.45, 2.75) is 18.4 Å². The zero-order valence-corrected chi connectivity index (χ0v) is 10.3. The van der Waals surface area contributed by atoms with Crippen molar-refractivity contribution in [1.82, 2.24) is 4.90 Å². The Hall–Kier alpha value is -1.62. The average molecular weight is 252 g/mol. The highest BCUT2D eigenvalue weighted by Gasteiger charge is 2.41. The van der Waals surface area contributed by atoms with Gasteiger partial charge in [0.2, 0.25) is 0 Å². The largest absolute Gasteiger partial charge is 0.479 e. The molecule has 1 unspecified atom stereocenters. The first-order chi connectivity index (χ1) is 8.52. The topological polar surface area (TPSA) is 52.6 Å². The molecule has 2 N–H and O–H groups in total. The molecular formula is C13H17FN2O2. The van der Waals surface area contributed by atoms with Gasteiger partial charge in [0, 0.05) is 12.2 Å². The fourth-order valence-corrected chi connectivity index (χ4v) is 2.41. The van der Waals surface area contributed by atoms with Crippen molar-refractivity contribution >= 4 is 11.7 Å². The minimum Gasteiger partial charge on any atom is -0.479 e. The molecular weight excluding hydrogens is 235 g/mol. The number of hydrogen-bond acceptors (Lipinski definition) is 3. The first-order valence-electron chi connectivity index (χ1n) is 5.97. The van der Waals surface area contributed by atoms with Gasteiger partial charge in [-0.25, -0.2) is 9.18 Å². The van der Waals surface area contributed by atoms with Crippen LogP contribution in [-0.2, 0) is 4.79 Å². The van der Waals surface area contributed by atoms with E-state index in [1.54, 1.807) is 12.1 Å². The number of likely N-dealkylation sites (tertiary alicyclic amines) is 1. The Morgan fingerprint density at radius 1 is 1.44 bits per heavy atom. The van der Waals surface area contributed by atoms with Gasteiger partial charge < -0.3 is 15.3 Å². The predicted molar refractivity (Wildman–Crippen MR) is 67.1 cm³/mol. The molecule has 0 spiro atoms. The minimum absolute atomic E-state index is 0.328. The Bertz CT molecular complexity index is 435. The number of carboxylic acid groups (broad SMARTS) is 1. The van der Waals surface area contributed by atoms with Gasteiger partial charge in [-0.15, -0.1) is 0 Å². The summed E-state index contributed by atoms with van der Waals surface area (Å²) >= 11 is 0. The number of benzene rings is 1. The van der Waals surface area contributed by atoms with Crippen LogP contribution >= 0.6 is 0 Å². The zero-order valence-electron chi connectivity index (χ0n) is 10.3. The van der Waals surface area contributed by atoms with Crippen LogP contribution in [0.3, 0.4) is 0 Å². The summed E-state index contributed by atoms with van der Waals surface area (Å²) in [7, 11) is 1.91. The second-order valence-electron chi connectivity index (χ2n) is 4.86. The second-order valence-corrected chi connectivity index (χ2v) is 4.86. The molecule has 0 radical (unpaired) electrons. The quantitative estimate of drug-likeness (QED) is 0.861. The summed E-state index contributed by atoms with van der Waals surface area (Å²) in [6.07, 6.45) is 1.40. The van der Waals surface area contributed by atoms with Gasteiger partial charge in [-0.1, -0.05) is 0 Å². The van der Waals surface area contributed by atoms with Crippen LogP contribution < -0.4 is 5.32 Å². The van der Waals surface area contributed by atoms with Gasteiger partial charge in [0.15, 0.2) is 0 Å². The van der Waals surface area contributed by atoms with Crippen LogP contribution in [-0.4, -0.2) is 41.7 Å². The first-order valence-corrected chi connectivity index (χ1v) is 5.97. The van der Waals surface area contributed by atoms with E-state index in [0.29, 0.717) is 18.7 Å². The summed E-state index contributed by atoms with van der Waals surface area (Å²) < 4.78 is 12.8. The van der Waals surface area contributed by atoms with E-state index in [-0.39, 0.29) is 5.82 Å². The first kappa shape index (κ1) is 12.8. The van der Waals surface area contributed by atoms with Gasteiger partial charge in [0.25, 0.3) is 0 Å². The van der Waals surface area contributed by atoms with Crippen molar-refractivity contribution < 1.29 is 14.3 Å². The van der Waals surface area contributed by atoms with Crippen LogP contribution in [0.4, 0.5) is 10.1 Å². The van der Waals surface area contributed by atoms with Gasteiger partial charge in [0.1, 0.15) is 11.4 Å². The highest BCUT2D eigenvalue weighted by atomic mass is 19.1. The van der Waals surface area contributed by atoms with Crippen LogP contribution in [0.15, 0.2) is 24.3 Å². The molecule has 0 amide bonds. The van der Waals surface area contributed by atoms with E-state index < -0.39 is 11.5 Å². The lowest BCUT2D eigenvalue weighted by Gasteiger charge is -2.39.